The van der Waals surface area contributed by atoms with E-state index in [0.717, 1.165) is 63.2 Å². The third-order valence-corrected chi connectivity index (χ3v) is 6.54. The van der Waals surface area contributed by atoms with Gasteiger partial charge in [-0.05, 0) is 70.7 Å². The maximum Gasteiger partial charge on any atom is 0.257 e. The van der Waals surface area contributed by atoms with E-state index in [1.807, 2.05) is 36.9 Å². The lowest BCUT2D eigenvalue weighted by molar-refractivity contribution is 0.0443. The van der Waals surface area contributed by atoms with Crippen molar-refractivity contribution in [2.24, 2.45) is 5.92 Å². The zero-order chi connectivity index (χ0) is 21.8. The summed E-state index contributed by atoms with van der Waals surface area (Å²) in [5, 5.41) is 0. The van der Waals surface area contributed by atoms with Gasteiger partial charge in [-0.1, -0.05) is 18.2 Å². The Hall–Kier alpha value is -2.18. The van der Waals surface area contributed by atoms with Crippen LogP contribution in [0.25, 0.3) is 0 Å². The molecule has 0 saturated carbocycles. The molecule has 2 aliphatic heterocycles. The number of hydrogen-bond donors (Lipinski definition) is 0. The van der Waals surface area contributed by atoms with E-state index in [1.54, 1.807) is 6.07 Å². The number of hydrogen-bond acceptors (Lipinski definition) is 4. The summed E-state index contributed by atoms with van der Waals surface area (Å²) in [6.45, 7) is 8.37. The van der Waals surface area contributed by atoms with Crippen LogP contribution in [-0.4, -0.2) is 54.6 Å². The first-order chi connectivity index (χ1) is 15.0. The molecule has 0 spiro atoms. The van der Waals surface area contributed by atoms with Crippen LogP contribution in [0.15, 0.2) is 34.7 Å². The highest BCUT2D eigenvalue weighted by molar-refractivity contribution is 5.95. The smallest absolute Gasteiger partial charge is 0.257 e. The second-order valence-corrected chi connectivity index (χ2v) is 8.98. The molecule has 1 aromatic carbocycles. The highest BCUT2D eigenvalue weighted by atomic mass is 19.1. The van der Waals surface area contributed by atoms with E-state index in [4.69, 9.17) is 9.15 Å². The summed E-state index contributed by atoms with van der Waals surface area (Å²) < 4.78 is 25.4. The maximum atomic E-state index is 14.0. The van der Waals surface area contributed by atoms with Crippen LogP contribution < -0.4 is 0 Å². The third kappa shape index (κ3) is 5.55. The van der Waals surface area contributed by atoms with Gasteiger partial charge in [0, 0.05) is 31.8 Å². The number of furan rings is 1. The van der Waals surface area contributed by atoms with E-state index in [1.165, 1.54) is 6.07 Å². The SMILES string of the molecule is Cc1cc(C(=O)N(CC2CCN(Cc3ccccc3F)CC2)C[C@H]2CCCO2)c(C)o1. The molecule has 2 fully saturated rings. The van der Waals surface area contributed by atoms with Crippen LogP contribution in [0, 0.1) is 25.6 Å². The Kier molecular flexibility index (Phi) is 7.08. The van der Waals surface area contributed by atoms with Gasteiger partial charge >= 0.3 is 0 Å². The van der Waals surface area contributed by atoms with Gasteiger partial charge in [0.2, 0.25) is 0 Å². The zero-order valence-electron chi connectivity index (χ0n) is 18.6. The van der Waals surface area contributed by atoms with E-state index in [2.05, 4.69) is 4.90 Å². The summed E-state index contributed by atoms with van der Waals surface area (Å²) in [4.78, 5) is 17.6. The Morgan fingerprint density at radius 2 is 1.94 bits per heavy atom. The van der Waals surface area contributed by atoms with Crippen molar-refractivity contribution in [3.05, 3.63) is 58.8 Å². The Morgan fingerprint density at radius 1 is 1.16 bits per heavy atom. The molecule has 0 N–H and O–H groups in total. The fraction of sp³-hybridized carbons (Fsp3) is 0.560. The predicted octanol–water partition coefficient (Wildman–Crippen LogP) is 4.57. The number of carbonyl (C=O) groups excluding carboxylic acids is 1. The molecule has 2 aliphatic rings. The first-order valence-corrected chi connectivity index (χ1v) is 11.4. The molecule has 1 aromatic heterocycles. The van der Waals surface area contributed by atoms with Crippen molar-refractivity contribution in [3.8, 4) is 0 Å². The minimum atomic E-state index is -0.135. The number of rotatable bonds is 7. The van der Waals surface area contributed by atoms with Crippen LogP contribution >= 0.6 is 0 Å². The highest BCUT2D eigenvalue weighted by Crippen LogP contribution is 2.24. The molecular formula is C25H33FN2O3. The van der Waals surface area contributed by atoms with Crippen LogP contribution in [0.2, 0.25) is 0 Å². The van der Waals surface area contributed by atoms with Crippen molar-refractivity contribution in [2.75, 3.05) is 32.8 Å². The molecule has 4 rings (SSSR count). The monoisotopic (exact) mass is 428 g/mol. The molecular weight excluding hydrogens is 395 g/mol. The van der Waals surface area contributed by atoms with Crippen molar-refractivity contribution < 1.29 is 18.3 Å². The van der Waals surface area contributed by atoms with Crippen LogP contribution in [0.4, 0.5) is 4.39 Å². The lowest BCUT2D eigenvalue weighted by Gasteiger charge is -2.35. The second-order valence-electron chi connectivity index (χ2n) is 8.98. The molecule has 2 saturated heterocycles. The molecule has 0 aliphatic carbocycles. The van der Waals surface area contributed by atoms with Crippen LogP contribution in [0.5, 0.6) is 0 Å². The first kappa shape index (κ1) is 22.0. The topological polar surface area (TPSA) is 45.9 Å². The third-order valence-electron chi connectivity index (χ3n) is 6.54. The number of halogens is 1. The minimum Gasteiger partial charge on any atom is -0.466 e. The Bertz CT molecular complexity index is 883. The number of carbonyl (C=O) groups is 1. The first-order valence-electron chi connectivity index (χ1n) is 11.4. The average Bonchev–Trinajstić information content (AvgIpc) is 3.39. The lowest BCUT2D eigenvalue weighted by Crippen LogP contribution is -2.43. The van der Waals surface area contributed by atoms with Gasteiger partial charge in [0.25, 0.3) is 5.91 Å². The van der Waals surface area contributed by atoms with Gasteiger partial charge in [0.05, 0.1) is 11.7 Å². The molecule has 5 nitrogen and oxygen atoms in total. The lowest BCUT2D eigenvalue weighted by atomic mass is 9.95. The van der Waals surface area contributed by atoms with E-state index in [9.17, 15) is 9.18 Å². The van der Waals surface area contributed by atoms with Gasteiger partial charge in [-0.15, -0.1) is 0 Å². The van der Waals surface area contributed by atoms with Crippen LogP contribution in [-0.2, 0) is 11.3 Å². The molecule has 31 heavy (non-hydrogen) atoms. The number of benzene rings is 1. The maximum absolute atomic E-state index is 14.0. The Morgan fingerprint density at radius 3 is 2.58 bits per heavy atom. The molecule has 6 heteroatoms. The fourth-order valence-electron chi connectivity index (χ4n) is 4.79. The number of likely N-dealkylation sites (tertiary alicyclic amines) is 1. The van der Waals surface area contributed by atoms with E-state index >= 15 is 0 Å². The molecule has 0 unspecified atom stereocenters. The molecule has 0 radical (unpaired) electrons. The second kappa shape index (κ2) is 9.96. The fourth-order valence-corrected chi connectivity index (χ4v) is 4.79. The minimum absolute atomic E-state index is 0.0404. The molecule has 2 aromatic rings. The van der Waals surface area contributed by atoms with Gasteiger partial charge in [-0.3, -0.25) is 9.69 Å². The van der Waals surface area contributed by atoms with Gasteiger partial charge in [0.15, 0.2) is 0 Å². The molecule has 1 atom stereocenters. The van der Waals surface area contributed by atoms with Gasteiger partial charge in [-0.2, -0.15) is 0 Å². The Balaban J connectivity index is 1.37. The number of amides is 1. The highest BCUT2D eigenvalue weighted by Gasteiger charge is 2.29. The van der Waals surface area contributed by atoms with E-state index < -0.39 is 0 Å². The summed E-state index contributed by atoms with van der Waals surface area (Å²) in [6, 6.07) is 8.85. The predicted molar refractivity (Wildman–Crippen MR) is 117 cm³/mol. The van der Waals surface area contributed by atoms with Gasteiger partial charge in [-0.25, -0.2) is 4.39 Å². The largest absolute Gasteiger partial charge is 0.466 e. The Labute approximate surface area is 184 Å². The molecule has 168 valence electrons. The average molecular weight is 429 g/mol. The van der Waals surface area contributed by atoms with Crippen molar-refractivity contribution in [1.82, 2.24) is 9.80 Å². The molecule has 0 bridgehead atoms. The van der Waals surface area contributed by atoms with Gasteiger partial charge in [0.1, 0.15) is 17.3 Å². The molecule has 3 heterocycles. The number of aryl methyl sites for hydroxylation is 2. The quantitative estimate of drug-likeness (QED) is 0.648. The number of ether oxygens (including phenoxy) is 1. The van der Waals surface area contributed by atoms with Crippen LogP contribution in [0.3, 0.4) is 0 Å². The van der Waals surface area contributed by atoms with Crippen LogP contribution in [0.1, 0.15) is 53.1 Å². The normalized spacial score (nSPS) is 20.3. The van der Waals surface area contributed by atoms with Gasteiger partial charge < -0.3 is 14.1 Å². The van der Waals surface area contributed by atoms with Crippen molar-refractivity contribution >= 4 is 5.91 Å². The summed E-state index contributed by atoms with van der Waals surface area (Å²) in [6.07, 6.45) is 4.21. The standard InChI is InChI=1S/C25H33FN2O3/c1-18-14-23(19(2)31-18)25(29)28(17-22-7-5-13-30-22)15-20-9-11-27(12-10-20)16-21-6-3-4-8-24(21)26/h3-4,6,8,14,20,22H,5,7,9-13,15-17H2,1-2H3/t22-/m1/s1. The summed E-state index contributed by atoms with van der Waals surface area (Å²) in [5.74, 6) is 1.79. The number of piperidine rings is 1. The summed E-state index contributed by atoms with van der Waals surface area (Å²) in [7, 11) is 0. The number of nitrogens with zero attached hydrogens (tertiary/aromatic N) is 2. The zero-order valence-corrected chi connectivity index (χ0v) is 18.6. The van der Waals surface area contributed by atoms with Crippen molar-refractivity contribution in [2.45, 2.75) is 52.2 Å². The van der Waals surface area contributed by atoms with Crippen molar-refractivity contribution in [1.29, 1.82) is 0 Å². The van der Waals surface area contributed by atoms with Crippen molar-refractivity contribution in [3.63, 3.8) is 0 Å². The summed E-state index contributed by atoms with van der Waals surface area (Å²) in [5.41, 5.74) is 1.41. The van der Waals surface area contributed by atoms with E-state index in [-0.39, 0.29) is 17.8 Å². The molecule has 1 amide bonds. The summed E-state index contributed by atoms with van der Waals surface area (Å²) >= 11 is 0. The van der Waals surface area contributed by atoms with E-state index in [0.29, 0.717) is 30.3 Å².